The lowest BCUT2D eigenvalue weighted by Gasteiger charge is -2.00. The van der Waals surface area contributed by atoms with Crippen LogP contribution in [0.25, 0.3) is 22.1 Å². The van der Waals surface area contributed by atoms with Gasteiger partial charge in [-0.2, -0.15) is 0 Å². The number of carbonyl (C=O) groups is 2. The first-order valence-electron chi connectivity index (χ1n) is 8.57. The molecule has 2 aromatic carbocycles. The maximum Gasteiger partial charge on any atom is 0.323 e. The Morgan fingerprint density at radius 3 is 1.03 bits per heavy atom. The number of rotatable bonds is 0. The Bertz CT molecular complexity index is 1220. The van der Waals surface area contributed by atoms with Crippen LogP contribution in [0.5, 0.6) is 0 Å². The standard InChI is InChI=1S/2C7H6N2O.C6H4O4/c2*10-7-8-5-3-1-2-4-6(5)9-7;7-3-1-4(8)6(10)2-5(3)9/h2*1-4H,(H2,8,9,10);1-2,7,10H. The Labute approximate surface area is 167 Å². The van der Waals surface area contributed by atoms with Crippen molar-refractivity contribution in [3.63, 3.8) is 0 Å². The van der Waals surface area contributed by atoms with Crippen LogP contribution < -0.4 is 11.4 Å². The number of H-pyrrole nitrogens is 4. The average molecular weight is 408 g/mol. The van der Waals surface area contributed by atoms with E-state index in [2.05, 4.69) is 19.9 Å². The molecule has 4 aromatic rings. The second-order valence-corrected chi connectivity index (χ2v) is 6.04. The molecule has 0 bridgehead atoms. The van der Waals surface area contributed by atoms with Crippen molar-refractivity contribution in [1.29, 1.82) is 0 Å². The minimum atomic E-state index is -0.753. The van der Waals surface area contributed by atoms with Crippen LogP contribution in [0.3, 0.4) is 0 Å². The van der Waals surface area contributed by atoms with Gasteiger partial charge in [-0.3, -0.25) is 9.59 Å². The van der Waals surface area contributed by atoms with Crippen LogP contribution in [-0.4, -0.2) is 41.7 Å². The zero-order chi connectivity index (χ0) is 21.7. The molecule has 10 heteroatoms. The number of hydrogen-bond donors (Lipinski definition) is 6. The highest BCUT2D eigenvalue weighted by molar-refractivity contribution is 6.17. The van der Waals surface area contributed by atoms with Crippen LogP contribution in [0.1, 0.15) is 0 Å². The van der Waals surface area contributed by atoms with Crippen LogP contribution in [0.4, 0.5) is 0 Å². The molecule has 1 aliphatic carbocycles. The van der Waals surface area contributed by atoms with Crippen molar-refractivity contribution in [3.05, 3.63) is 93.2 Å². The van der Waals surface area contributed by atoms with Crippen molar-refractivity contribution in [2.45, 2.75) is 0 Å². The molecule has 0 atom stereocenters. The third kappa shape index (κ3) is 4.81. The number of aromatic nitrogens is 4. The van der Waals surface area contributed by atoms with Gasteiger partial charge in [0, 0.05) is 12.2 Å². The molecular weight excluding hydrogens is 392 g/mol. The summed E-state index contributed by atoms with van der Waals surface area (Å²) in [4.78, 5) is 52.8. The Morgan fingerprint density at radius 1 is 0.500 bits per heavy atom. The summed E-state index contributed by atoms with van der Waals surface area (Å²) < 4.78 is 0. The number of aliphatic hydroxyl groups is 2. The molecule has 30 heavy (non-hydrogen) atoms. The zero-order valence-corrected chi connectivity index (χ0v) is 15.3. The van der Waals surface area contributed by atoms with E-state index >= 15 is 0 Å². The minimum Gasteiger partial charge on any atom is -0.504 e. The van der Waals surface area contributed by atoms with Gasteiger partial charge in [0.25, 0.3) is 0 Å². The lowest BCUT2D eigenvalue weighted by molar-refractivity contribution is -0.118. The van der Waals surface area contributed by atoms with Crippen LogP contribution in [0.15, 0.2) is 81.8 Å². The number of imidazole rings is 2. The van der Waals surface area contributed by atoms with Crippen LogP contribution in [-0.2, 0) is 9.59 Å². The van der Waals surface area contributed by atoms with Crippen molar-refractivity contribution in [3.8, 4) is 0 Å². The molecule has 0 fully saturated rings. The van der Waals surface area contributed by atoms with Crippen molar-refractivity contribution < 1.29 is 19.8 Å². The van der Waals surface area contributed by atoms with Gasteiger partial charge in [-0.25, -0.2) is 9.59 Å². The highest BCUT2D eigenvalue weighted by Gasteiger charge is 2.17. The lowest BCUT2D eigenvalue weighted by Crippen LogP contribution is -2.12. The molecule has 6 N–H and O–H groups in total. The van der Waals surface area contributed by atoms with Gasteiger partial charge in [0.1, 0.15) is 0 Å². The lowest BCUT2D eigenvalue weighted by atomic mass is 10.1. The number of benzene rings is 2. The second-order valence-electron chi connectivity index (χ2n) is 6.04. The Hall–Kier alpha value is -4.60. The molecule has 5 rings (SSSR count). The number of carbonyl (C=O) groups excluding carboxylic acids is 2. The quantitative estimate of drug-likeness (QED) is 0.242. The molecule has 0 saturated carbocycles. The third-order valence-electron chi connectivity index (χ3n) is 3.89. The largest absolute Gasteiger partial charge is 0.504 e. The molecule has 0 saturated heterocycles. The van der Waals surface area contributed by atoms with Crippen LogP contribution in [0.2, 0.25) is 0 Å². The van der Waals surface area contributed by atoms with Gasteiger partial charge in [-0.05, 0) is 24.3 Å². The van der Waals surface area contributed by atoms with Gasteiger partial charge in [0.2, 0.25) is 11.6 Å². The second kappa shape index (κ2) is 8.61. The van der Waals surface area contributed by atoms with Crippen molar-refractivity contribution in [2.24, 2.45) is 0 Å². The van der Waals surface area contributed by atoms with Gasteiger partial charge < -0.3 is 30.1 Å². The summed E-state index contributed by atoms with van der Waals surface area (Å²) in [6.07, 6.45) is 1.36. The van der Waals surface area contributed by atoms with Crippen molar-refractivity contribution in [1.82, 2.24) is 19.9 Å². The molecular formula is C20H16N4O6. The van der Waals surface area contributed by atoms with E-state index < -0.39 is 23.1 Å². The van der Waals surface area contributed by atoms with Gasteiger partial charge in [0.15, 0.2) is 11.5 Å². The summed E-state index contributed by atoms with van der Waals surface area (Å²) in [5.41, 5.74) is 3.11. The molecule has 0 spiro atoms. The predicted octanol–water partition coefficient (Wildman–Crippen LogP) is 1.73. The predicted molar refractivity (Wildman–Crippen MR) is 109 cm³/mol. The number of hydrogen-bond acceptors (Lipinski definition) is 6. The summed E-state index contributed by atoms with van der Waals surface area (Å²) in [5.74, 6) is -2.78. The van der Waals surface area contributed by atoms with Gasteiger partial charge in [-0.15, -0.1) is 0 Å². The highest BCUT2D eigenvalue weighted by atomic mass is 16.3. The normalized spacial score (nSPS) is 13.1. The van der Waals surface area contributed by atoms with E-state index in [4.69, 9.17) is 10.2 Å². The summed E-state index contributed by atoms with van der Waals surface area (Å²) in [5, 5.41) is 17.2. The molecule has 1 aliphatic rings. The molecule has 10 nitrogen and oxygen atoms in total. The smallest absolute Gasteiger partial charge is 0.323 e. The number of aliphatic hydroxyl groups excluding tert-OH is 2. The molecule has 2 aromatic heterocycles. The van der Waals surface area contributed by atoms with Crippen LogP contribution >= 0.6 is 0 Å². The first-order valence-corrected chi connectivity index (χ1v) is 8.57. The number of allylic oxidation sites excluding steroid dienone is 2. The maximum atomic E-state index is 10.7. The Kier molecular flexibility index (Phi) is 5.78. The van der Waals surface area contributed by atoms with E-state index in [0.29, 0.717) is 12.2 Å². The van der Waals surface area contributed by atoms with E-state index in [0.717, 1.165) is 22.1 Å². The molecule has 0 radical (unpaired) electrons. The molecule has 0 amide bonds. The topological polar surface area (TPSA) is 172 Å². The van der Waals surface area contributed by atoms with E-state index in [9.17, 15) is 19.2 Å². The number of ketones is 2. The van der Waals surface area contributed by atoms with Gasteiger partial charge >= 0.3 is 11.4 Å². The van der Waals surface area contributed by atoms with E-state index in [1.165, 1.54) is 0 Å². The third-order valence-corrected chi connectivity index (χ3v) is 3.89. The fourth-order valence-corrected chi connectivity index (χ4v) is 2.49. The molecule has 2 heterocycles. The summed E-state index contributed by atoms with van der Waals surface area (Å²) in [7, 11) is 0. The van der Waals surface area contributed by atoms with Crippen LogP contribution in [0, 0.1) is 0 Å². The Balaban J connectivity index is 0.000000128. The first kappa shape index (κ1) is 20.1. The molecule has 152 valence electrons. The number of fused-ring (bicyclic) bond motifs is 2. The van der Waals surface area contributed by atoms with Crippen molar-refractivity contribution in [2.75, 3.05) is 0 Å². The summed E-state index contributed by atoms with van der Waals surface area (Å²) in [6, 6.07) is 14.9. The fraction of sp³-hybridized carbons (Fsp3) is 0. The number of aromatic amines is 4. The fourth-order valence-electron chi connectivity index (χ4n) is 2.49. The van der Waals surface area contributed by atoms with Gasteiger partial charge in [0.05, 0.1) is 22.1 Å². The zero-order valence-electron chi connectivity index (χ0n) is 15.3. The summed E-state index contributed by atoms with van der Waals surface area (Å²) >= 11 is 0. The average Bonchev–Trinajstić information content (AvgIpc) is 3.27. The summed E-state index contributed by atoms with van der Waals surface area (Å²) in [6.45, 7) is 0. The Morgan fingerprint density at radius 2 is 0.767 bits per heavy atom. The van der Waals surface area contributed by atoms with E-state index in [-0.39, 0.29) is 11.4 Å². The number of para-hydroxylation sites is 4. The number of nitrogens with one attached hydrogen (secondary N) is 4. The highest BCUT2D eigenvalue weighted by Crippen LogP contribution is 2.06. The van der Waals surface area contributed by atoms with E-state index in [1.54, 1.807) is 0 Å². The molecule has 0 aliphatic heterocycles. The van der Waals surface area contributed by atoms with Crippen molar-refractivity contribution >= 4 is 33.6 Å². The monoisotopic (exact) mass is 408 g/mol. The van der Waals surface area contributed by atoms with E-state index in [1.807, 2.05) is 48.5 Å². The van der Waals surface area contributed by atoms with Gasteiger partial charge in [-0.1, -0.05) is 24.3 Å². The SMILES string of the molecule is O=C1C=C(O)C(=O)C=C1O.O=c1[nH]c2ccccc2[nH]1.O=c1[nH]c2ccccc2[nH]1. The first-order chi connectivity index (χ1) is 14.3. The molecule has 0 unspecified atom stereocenters. The maximum absolute atomic E-state index is 10.7. The minimum absolute atomic E-state index is 0.152.